The first-order chi connectivity index (χ1) is 13.3. The molecule has 0 spiro atoms. The maximum absolute atomic E-state index is 12.0. The predicted molar refractivity (Wildman–Crippen MR) is 112 cm³/mol. The van der Waals surface area contributed by atoms with Gasteiger partial charge in [-0.3, -0.25) is 4.79 Å². The maximum Gasteiger partial charge on any atom is 0.250 e. The van der Waals surface area contributed by atoms with Crippen LogP contribution in [0.5, 0.6) is 0 Å². The van der Waals surface area contributed by atoms with E-state index in [2.05, 4.69) is 15.5 Å². The third-order valence-corrected chi connectivity index (χ3v) is 5.98. The van der Waals surface area contributed by atoms with Crippen molar-refractivity contribution < 1.29 is 4.79 Å². The monoisotopic (exact) mass is 392 g/mol. The summed E-state index contributed by atoms with van der Waals surface area (Å²) in [5.74, 6) is 0.116. The fourth-order valence-corrected chi connectivity index (χ4v) is 4.43. The number of amides is 1. The number of para-hydroxylation sites is 2. The van der Waals surface area contributed by atoms with E-state index in [0.29, 0.717) is 0 Å². The van der Waals surface area contributed by atoms with Gasteiger partial charge in [-0.25, -0.2) is 10.4 Å². The van der Waals surface area contributed by atoms with E-state index in [1.165, 1.54) is 11.8 Å². The van der Waals surface area contributed by atoms with Crippen LogP contribution in [-0.2, 0) is 4.79 Å². The van der Waals surface area contributed by atoms with Gasteiger partial charge in [-0.15, -0.1) is 11.3 Å². The molecule has 4 aromatic rings. The van der Waals surface area contributed by atoms with Gasteiger partial charge in [-0.1, -0.05) is 42.1 Å². The Bertz CT molecular complexity index is 1050. The number of hydrazone groups is 1. The van der Waals surface area contributed by atoms with Gasteiger partial charge in [0.25, 0.3) is 5.91 Å². The van der Waals surface area contributed by atoms with Crippen LogP contribution in [-0.4, -0.2) is 27.4 Å². The highest BCUT2D eigenvalue weighted by atomic mass is 32.2. The molecule has 134 valence electrons. The van der Waals surface area contributed by atoms with Gasteiger partial charge < -0.3 is 4.57 Å². The van der Waals surface area contributed by atoms with Crippen molar-refractivity contribution in [3.05, 3.63) is 78.6 Å². The molecule has 2 aromatic carbocycles. The number of aromatic nitrogens is 2. The summed E-state index contributed by atoms with van der Waals surface area (Å²) in [6.45, 7) is 0. The number of rotatable bonds is 6. The highest BCUT2D eigenvalue weighted by molar-refractivity contribution is 8.01. The minimum absolute atomic E-state index is 0.159. The van der Waals surface area contributed by atoms with Gasteiger partial charge in [0.15, 0.2) is 4.34 Å². The summed E-state index contributed by atoms with van der Waals surface area (Å²) in [6.07, 6.45) is 3.61. The van der Waals surface area contributed by atoms with Crippen molar-refractivity contribution in [1.82, 2.24) is 15.0 Å². The van der Waals surface area contributed by atoms with Crippen LogP contribution in [0.25, 0.3) is 15.9 Å². The van der Waals surface area contributed by atoms with Crippen molar-refractivity contribution in [3.8, 4) is 5.69 Å². The lowest BCUT2D eigenvalue weighted by Gasteiger charge is -2.05. The average molecular weight is 393 g/mol. The number of fused-ring (bicyclic) bond motifs is 1. The van der Waals surface area contributed by atoms with Crippen molar-refractivity contribution in [2.45, 2.75) is 4.34 Å². The van der Waals surface area contributed by atoms with E-state index in [1.54, 1.807) is 17.6 Å². The maximum atomic E-state index is 12.0. The van der Waals surface area contributed by atoms with E-state index < -0.39 is 0 Å². The molecule has 0 atom stereocenters. The van der Waals surface area contributed by atoms with Crippen molar-refractivity contribution in [1.29, 1.82) is 0 Å². The Morgan fingerprint density at radius 1 is 1.11 bits per heavy atom. The first kappa shape index (κ1) is 17.5. The molecular formula is C20H16N4OS2. The molecule has 0 radical (unpaired) electrons. The number of carbonyl (C=O) groups is 1. The molecule has 2 heterocycles. The van der Waals surface area contributed by atoms with Crippen LogP contribution in [0, 0.1) is 0 Å². The lowest BCUT2D eigenvalue weighted by Crippen LogP contribution is -2.19. The lowest BCUT2D eigenvalue weighted by atomic mass is 10.3. The van der Waals surface area contributed by atoms with Gasteiger partial charge in [0.1, 0.15) is 0 Å². The second kappa shape index (κ2) is 8.20. The van der Waals surface area contributed by atoms with Crippen molar-refractivity contribution >= 4 is 45.4 Å². The molecule has 0 fully saturated rings. The van der Waals surface area contributed by atoms with E-state index in [0.717, 1.165) is 25.9 Å². The number of thiazole rings is 1. The number of benzene rings is 2. The summed E-state index contributed by atoms with van der Waals surface area (Å²) >= 11 is 3.01. The van der Waals surface area contributed by atoms with Gasteiger partial charge in [-0.05, 0) is 36.4 Å². The third-order valence-electron chi connectivity index (χ3n) is 3.80. The standard InChI is InChI=1S/C20H16N4OS2/c25-19(14-26-20-22-17-10-4-5-11-18(17)27-20)23-21-13-16-9-6-12-24(16)15-7-2-1-3-8-15/h1-13H,14H2,(H,23,25)/b21-13+. The topological polar surface area (TPSA) is 59.3 Å². The second-order valence-electron chi connectivity index (χ2n) is 5.67. The first-order valence-electron chi connectivity index (χ1n) is 8.33. The molecule has 0 saturated carbocycles. The Balaban J connectivity index is 1.34. The van der Waals surface area contributed by atoms with E-state index in [4.69, 9.17) is 0 Å². The van der Waals surface area contributed by atoms with E-state index in [9.17, 15) is 4.79 Å². The number of hydrogen-bond acceptors (Lipinski definition) is 5. The van der Waals surface area contributed by atoms with E-state index in [1.807, 2.05) is 77.5 Å². The molecule has 27 heavy (non-hydrogen) atoms. The highest BCUT2D eigenvalue weighted by Crippen LogP contribution is 2.28. The van der Waals surface area contributed by atoms with Crippen molar-refractivity contribution in [2.24, 2.45) is 5.10 Å². The third kappa shape index (κ3) is 4.27. The van der Waals surface area contributed by atoms with E-state index >= 15 is 0 Å². The molecule has 0 aliphatic heterocycles. The number of thioether (sulfide) groups is 1. The number of nitrogens with one attached hydrogen (secondary N) is 1. The molecule has 0 aliphatic carbocycles. The molecule has 7 heteroatoms. The van der Waals surface area contributed by atoms with Gasteiger partial charge in [0, 0.05) is 11.9 Å². The number of nitrogens with zero attached hydrogens (tertiary/aromatic N) is 3. The summed E-state index contributed by atoms with van der Waals surface area (Å²) < 4.78 is 4.01. The largest absolute Gasteiger partial charge is 0.316 e. The zero-order valence-electron chi connectivity index (χ0n) is 14.3. The second-order valence-corrected chi connectivity index (χ2v) is 7.92. The molecule has 2 aromatic heterocycles. The molecule has 5 nitrogen and oxygen atoms in total. The zero-order valence-corrected chi connectivity index (χ0v) is 15.9. The molecule has 0 bridgehead atoms. The van der Waals surface area contributed by atoms with Crippen LogP contribution < -0.4 is 5.43 Å². The normalized spacial score (nSPS) is 11.3. The molecule has 0 aliphatic rings. The molecule has 0 unspecified atom stereocenters. The Kier molecular flexibility index (Phi) is 5.32. The zero-order chi connectivity index (χ0) is 18.5. The van der Waals surface area contributed by atoms with Gasteiger partial charge in [0.2, 0.25) is 0 Å². The van der Waals surface area contributed by atoms with E-state index in [-0.39, 0.29) is 11.7 Å². The lowest BCUT2D eigenvalue weighted by molar-refractivity contribution is -0.118. The van der Waals surface area contributed by atoms with Gasteiger partial charge in [-0.2, -0.15) is 5.10 Å². The summed E-state index contributed by atoms with van der Waals surface area (Å²) in [7, 11) is 0. The molecular weight excluding hydrogens is 376 g/mol. The highest BCUT2D eigenvalue weighted by Gasteiger charge is 2.07. The van der Waals surface area contributed by atoms with Crippen molar-refractivity contribution in [3.63, 3.8) is 0 Å². The fraction of sp³-hybridized carbons (Fsp3) is 0.0500. The van der Waals surface area contributed by atoms with Crippen LogP contribution in [0.15, 0.2) is 82.4 Å². The number of hydrogen-bond donors (Lipinski definition) is 1. The van der Waals surface area contributed by atoms with Crippen LogP contribution in [0.1, 0.15) is 5.69 Å². The van der Waals surface area contributed by atoms with Crippen LogP contribution >= 0.6 is 23.1 Å². The Labute approximate surface area is 164 Å². The summed E-state index contributed by atoms with van der Waals surface area (Å²) in [5.41, 5.74) is 5.47. The van der Waals surface area contributed by atoms with Gasteiger partial charge >= 0.3 is 0 Å². The fourth-order valence-electron chi connectivity index (χ4n) is 2.57. The smallest absolute Gasteiger partial charge is 0.250 e. The van der Waals surface area contributed by atoms with Crippen LogP contribution in [0.3, 0.4) is 0 Å². The minimum atomic E-state index is -0.159. The minimum Gasteiger partial charge on any atom is -0.316 e. The molecule has 0 saturated heterocycles. The Morgan fingerprint density at radius 2 is 1.93 bits per heavy atom. The van der Waals surface area contributed by atoms with Crippen LogP contribution in [0.2, 0.25) is 0 Å². The summed E-state index contributed by atoms with van der Waals surface area (Å²) in [6, 6.07) is 21.8. The first-order valence-corrected chi connectivity index (χ1v) is 10.1. The summed E-state index contributed by atoms with van der Waals surface area (Å²) in [4.78, 5) is 16.5. The molecule has 4 rings (SSSR count). The Morgan fingerprint density at radius 3 is 2.78 bits per heavy atom. The predicted octanol–water partition coefficient (Wildman–Crippen LogP) is 4.33. The Hall–Kier alpha value is -2.90. The number of carbonyl (C=O) groups excluding carboxylic acids is 1. The van der Waals surface area contributed by atoms with Crippen LogP contribution in [0.4, 0.5) is 0 Å². The average Bonchev–Trinajstić information content (AvgIpc) is 3.33. The van der Waals surface area contributed by atoms with Crippen molar-refractivity contribution in [2.75, 3.05) is 5.75 Å². The molecule has 1 amide bonds. The quantitative estimate of drug-likeness (QED) is 0.302. The molecule has 1 N–H and O–H groups in total. The SMILES string of the molecule is O=C(CSc1nc2ccccc2s1)N/N=C/c1cccn1-c1ccccc1. The van der Waals surface area contributed by atoms with Gasteiger partial charge in [0.05, 0.1) is 27.9 Å². The summed E-state index contributed by atoms with van der Waals surface area (Å²) in [5, 5.41) is 4.08.